The molecular weight excluding hydrogens is 444 g/mol. The highest BCUT2D eigenvalue weighted by molar-refractivity contribution is 7.79. The van der Waals surface area contributed by atoms with Crippen LogP contribution in [-0.4, -0.2) is 46.7 Å². The van der Waals surface area contributed by atoms with Crippen LogP contribution in [0, 0.1) is 0 Å². The molecule has 0 aliphatic heterocycles. The fraction of sp³-hybridized carbons (Fsp3) is 0.435. The average Bonchev–Trinajstić information content (AvgIpc) is 3.04. The van der Waals surface area contributed by atoms with E-state index in [1.165, 1.54) is 10.8 Å². The molecule has 0 saturated carbocycles. The van der Waals surface area contributed by atoms with Crippen LogP contribution in [0.4, 0.5) is 0 Å². The summed E-state index contributed by atoms with van der Waals surface area (Å²) in [6, 6.07) is 8.67. The van der Waals surface area contributed by atoms with E-state index in [9.17, 15) is 18.4 Å². The van der Waals surface area contributed by atoms with E-state index in [1.54, 1.807) is 29.7 Å². The van der Waals surface area contributed by atoms with Gasteiger partial charge in [-0.25, -0.2) is 18.6 Å². The monoisotopic (exact) mass is 474 g/mol. The number of rotatable bonds is 9. The molecule has 3 rings (SSSR count). The zero-order chi connectivity index (χ0) is 24.3. The van der Waals surface area contributed by atoms with Crippen LogP contribution in [0.25, 0.3) is 16.9 Å². The Bertz CT molecular complexity index is 1250. The Morgan fingerprint density at radius 3 is 2.64 bits per heavy atom. The molecule has 1 amide bonds. The summed E-state index contributed by atoms with van der Waals surface area (Å²) in [6.45, 7) is 9.72. The van der Waals surface area contributed by atoms with Crippen molar-refractivity contribution >= 4 is 28.2 Å². The normalized spacial score (nSPS) is 14.3. The molecule has 3 aromatic rings. The number of ether oxygens (including phenoxy) is 1. The van der Waals surface area contributed by atoms with Crippen LogP contribution < -0.4 is 15.7 Å². The van der Waals surface area contributed by atoms with Crippen molar-refractivity contribution in [1.82, 2.24) is 19.4 Å². The molecule has 0 bridgehead atoms. The topological polar surface area (TPSA) is 115 Å². The van der Waals surface area contributed by atoms with Gasteiger partial charge in [0.1, 0.15) is 5.75 Å². The van der Waals surface area contributed by atoms with E-state index >= 15 is 0 Å². The Morgan fingerprint density at radius 2 is 2.03 bits per heavy atom. The van der Waals surface area contributed by atoms with Crippen molar-refractivity contribution < 1.29 is 18.3 Å². The van der Waals surface area contributed by atoms with Crippen LogP contribution >= 0.6 is 0 Å². The van der Waals surface area contributed by atoms with Gasteiger partial charge in [-0.3, -0.25) is 9.36 Å². The molecule has 1 aromatic carbocycles. The van der Waals surface area contributed by atoms with Crippen LogP contribution in [0.2, 0.25) is 0 Å². The van der Waals surface area contributed by atoms with Gasteiger partial charge in [0.25, 0.3) is 5.91 Å². The second-order valence-corrected chi connectivity index (χ2v) is 9.34. The lowest BCUT2D eigenvalue weighted by atomic mass is 10.0. The number of benzene rings is 1. The molecule has 0 aliphatic rings. The van der Waals surface area contributed by atoms with Gasteiger partial charge in [0.2, 0.25) is 0 Å². The Morgan fingerprint density at radius 1 is 1.30 bits per heavy atom. The first-order valence-corrected chi connectivity index (χ1v) is 12.1. The maximum absolute atomic E-state index is 13.4. The molecule has 178 valence electrons. The first-order chi connectivity index (χ1) is 15.6. The average molecular weight is 475 g/mol. The van der Waals surface area contributed by atoms with E-state index in [0.29, 0.717) is 35.6 Å². The van der Waals surface area contributed by atoms with Crippen LogP contribution in [0.3, 0.4) is 0 Å². The molecule has 10 heteroatoms. The summed E-state index contributed by atoms with van der Waals surface area (Å²) in [4.78, 5) is 30.8. The third-order valence-corrected chi connectivity index (χ3v) is 6.40. The van der Waals surface area contributed by atoms with Crippen molar-refractivity contribution in [1.29, 1.82) is 0 Å². The van der Waals surface area contributed by atoms with Crippen molar-refractivity contribution in [3.8, 4) is 11.4 Å². The highest BCUT2D eigenvalue weighted by Crippen LogP contribution is 2.23. The van der Waals surface area contributed by atoms with Crippen molar-refractivity contribution in [2.75, 3.05) is 12.4 Å². The predicted molar refractivity (Wildman–Crippen MR) is 129 cm³/mol. The largest absolute Gasteiger partial charge is 0.494 e. The second-order valence-electron chi connectivity index (χ2n) is 8.41. The lowest BCUT2D eigenvalue weighted by Gasteiger charge is -2.28. The molecule has 2 atom stereocenters. The number of nitrogens with zero attached hydrogens (tertiary/aromatic N) is 3. The van der Waals surface area contributed by atoms with Gasteiger partial charge in [0.15, 0.2) is 16.7 Å². The molecule has 2 heterocycles. The summed E-state index contributed by atoms with van der Waals surface area (Å²) in [5.74, 6) is 0.130. The van der Waals surface area contributed by atoms with Crippen molar-refractivity contribution in [3.63, 3.8) is 0 Å². The summed E-state index contributed by atoms with van der Waals surface area (Å²) in [5, 5.41) is 2.84. The van der Waals surface area contributed by atoms with Crippen molar-refractivity contribution in [3.05, 3.63) is 52.6 Å². The minimum absolute atomic E-state index is 0.0891. The van der Waals surface area contributed by atoms with Gasteiger partial charge in [-0.15, -0.1) is 0 Å². The van der Waals surface area contributed by atoms with E-state index in [1.807, 2.05) is 39.8 Å². The van der Waals surface area contributed by atoms with Gasteiger partial charge < -0.3 is 14.6 Å². The number of carbonyl (C=O) groups is 1. The highest BCUT2D eigenvalue weighted by atomic mass is 32.2. The predicted octanol–water partition coefficient (Wildman–Crippen LogP) is 3.29. The minimum Gasteiger partial charge on any atom is -0.494 e. The maximum atomic E-state index is 13.4. The number of hydrogen-bond donors (Lipinski definition) is 2. The number of imidazole rings is 1. The number of fused-ring (bicyclic) bond motifs is 1. The molecule has 0 aliphatic carbocycles. The van der Waals surface area contributed by atoms with Gasteiger partial charge in [0.05, 0.1) is 34.7 Å². The number of hydrogen-bond acceptors (Lipinski definition) is 5. The van der Waals surface area contributed by atoms with E-state index < -0.39 is 22.5 Å². The Hall–Kier alpha value is -2.98. The number of amides is 1. The summed E-state index contributed by atoms with van der Waals surface area (Å²) in [6.07, 6.45) is 1.89. The van der Waals surface area contributed by atoms with E-state index in [0.717, 1.165) is 0 Å². The molecule has 0 spiro atoms. The summed E-state index contributed by atoms with van der Waals surface area (Å²) >= 11 is -2.05. The number of pyridine rings is 1. The molecule has 9 nitrogen and oxygen atoms in total. The molecule has 33 heavy (non-hydrogen) atoms. The molecule has 2 N–H and O–H groups in total. The summed E-state index contributed by atoms with van der Waals surface area (Å²) < 4.78 is 29.3. The summed E-state index contributed by atoms with van der Waals surface area (Å²) in [7, 11) is 0. The third kappa shape index (κ3) is 5.17. The zero-order valence-corrected chi connectivity index (χ0v) is 20.3. The summed E-state index contributed by atoms with van der Waals surface area (Å²) in [5.41, 5.74) is 0.703. The molecule has 2 unspecified atom stereocenters. The van der Waals surface area contributed by atoms with E-state index in [-0.39, 0.29) is 23.0 Å². The fourth-order valence-electron chi connectivity index (χ4n) is 3.68. The van der Waals surface area contributed by atoms with Crippen LogP contribution in [0.15, 0.2) is 41.3 Å². The lowest BCUT2D eigenvalue weighted by molar-refractivity contribution is 0.0912. The smallest absolute Gasteiger partial charge is 0.335 e. The van der Waals surface area contributed by atoms with Crippen LogP contribution in [0.5, 0.6) is 5.75 Å². The fourth-order valence-corrected chi connectivity index (χ4v) is 4.50. The van der Waals surface area contributed by atoms with Crippen molar-refractivity contribution in [2.24, 2.45) is 0 Å². The van der Waals surface area contributed by atoms with Crippen molar-refractivity contribution in [2.45, 2.75) is 52.6 Å². The Kier molecular flexibility index (Phi) is 7.38. The van der Waals surface area contributed by atoms with Gasteiger partial charge in [-0.05, 0) is 52.3 Å². The van der Waals surface area contributed by atoms with Gasteiger partial charge in [0, 0.05) is 18.3 Å². The van der Waals surface area contributed by atoms with E-state index in [2.05, 4.69) is 10.3 Å². The molecular formula is C23H30N4O5S. The third-order valence-electron chi connectivity index (χ3n) is 5.52. The Balaban J connectivity index is 2.11. The quantitative estimate of drug-likeness (QED) is 0.460. The highest BCUT2D eigenvalue weighted by Gasteiger charge is 2.28. The first-order valence-electron chi connectivity index (χ1n) is 10.9. The van der Waals surface area contributed by atoms with Gasteiger partial charge >= 0.3 is 5.69 Å². The Labute approximate surface area is 195 Å². The second kappa shape index (κ2) is 9.88. The maximum Gasteiger partial charge on any atom is 0.335 e. The molecule has 0 radical (unpaired) electrons. The first kappa shape index (κ1) is 24.7. The van der Waals surface area contributed by atoms with Gasteiger partial charge in [-0.1, -0.05) is 13.0 Å². The number of carbonyl (C=O) groups excluding carboxylic acids is 1. The lowest BCUT2D eigenvalue weighted by Crippen LogP contribution is -2.49. The molecule has 0 fully saturated rings. The zero-order valence-electron chi connectivity index (χ0n) is 19.5. The number of nitrogens with one attached hydrogen (secondary N) is 1. The minimum atomic E-state index is -2.05. The molecule has 2 aromatic heterocycles. The number of aromatic nitrogens is 3. The van der Waals surface area contributed by atoms with Crippen LogP contribution in [-0.2, 0) is 11.1 Å². The van der Waals surface area contributed by atoms with Crippen LogP contribution in [0.1, 0.15) is 57.4 Å². The SMILES string of the molecule is CCOc1cccc(-n2c(=O)n(C(C)C)c3cc(C(=O)NC(C)(CC)CS(=O)O)cnc32)c1. The molecule has 0 saturated heterocycles. The van der Waals surface area contributed by atoms with E-state index in [4.69, 9.17) is 4.74 Å². The standard InChI is InChI=1S/C23H30N4O5S/c1-6-23(5,14-33(30)31)25-21(28)16-11-19-20(24-13-16)27(22(29)26(19)15(3)4)17-9-8-10-18(12-17)32-7-2/h8-13,15H,6-7,14H2,1-5H3,(H,25,28)(H,30,31). The van der Waals surface area contributed by atoms with Gasteiger partial charge in [-0.2, -0.15) is 0 Å².